The predicted molar refractivity (Wildman–Crippen MR) is 52.5 cm³/mol. The first-order valence-electron chi connectivity index (χ1n) is 4.08. The second-order valence-corrected chi connectivity index (χ2v) is 2.82. The zero-order chi connectivity index (χ0) is 12.3. The summed E-state index contributed by atoms with van der Waals surface area (Å²) in [7, 11) is 0. The summed E-state index contributed by atoms with van der Waals surface area (Å²) in [5, 5.41) is 26.5. The van der Waals surface area contributed by atoms with Gasteiger partial charge in [-0.3, -0.25) is 0 Å². The molecule has 0 aromatic heterocycles. The zero-order valence-electron chi connectivity index (χ0n) is 8.01. The van der Waals surface area contributed by atoms with Gasteiger partial charge in [-0.15, -0.1) is 0 Å². The second kappa shape index (κ2) is 4.35. The molecule has 0 atom stereocenters. The van der Waals surface area contributed by atoms with E-state index in [4.69, 9.17) is 14.9 Å². The largest absolute Gasteiger partial charge is 0.504 e. The third-order valence-electron chi connectivity index (χ3n) is 1.68. The number of rotatable bonds is 4. The lowest BCUT2D eigenvalue weighted by molar-refractivity contribution is -0.135. The van der Waals surface area contributed by atoms with Gasteiger partial charge in [0.1, 0.15) is 0 Å². The van der Waals surface area contributed by atoms with E-state index < -0.39 is 17.7 Å². The van der Waals surface area contributed by atoms with Gasteiger partial charge < -0.3 is 20.1 Å². The molecule has 0 bridgehead atoms. The summed E-state index contributed by atoms with van der Waals surface area (Å²) in [6.45, 7) is 3.08. The average Bonchev–Trinajstić information content (AvgIpc) is 2.20. The molecule has 6 heteroatoms. The number of hydrogen-bond acceptors (Lipinski definition) is 4. The van der Waals surface area contributed by atoms with Gasteiger partial charge in [0.15, 0.2) is 11.5 Å². The molecule has 0 unspecified atom stereocenters. The van der Waals surface area contributed by atoms with Crippen molar-refractivity contribution in [3.05, 3.63) is 36.1 Å². The van der Waals surface area contributed by atoms with Crippen LogP contribution in [0.3, 0.4) is 0 Å². The molecule has 0 aliphatic heterocycles. The molecular formula is C10H8O6. The fourth-order valence-corrected chi connectivity index (χ4v) is 0.905. The molecule has 1 aromatic rings. The third-order valence-corrected chi connectivity index (χ3v) is 1.68. The quantitative estimate of drug-likeness (QED) is 0.522. The lowest BCUT2D eigenvalue weighted by atomic mass is 10.2. The third kappa shape index (κ3) is 2.50. The Kier molecular flexibility index (Phi) is 3.14. The molecule has 0 saturated heterocycles. The van der Waals surface area contributed by atoms with E-state index in [0.29, 0.717) is 0 Å². The van der Waals surface area contributed by atoms with Gasteiger partial charge in [0, 0.05) is 0 Å². The van der Waals surface area contributed by atoms with Crippen LogP contribution in [0.1, 0.15) is 10.4 Å². The minimum Gasteiger partial charge on any atom is -0.504 e. The molecule has 16 heavy (non-hydrogen) atoms. The highest BCUT2D eigenvalue weighted by atomic mass is 16.5. The van der Waals surface area contributed by atoms with Crippen molar-refractivity contribution in [2.45, 2.75) is 0 Å². The number of phenols is 1. The van der Waals surface area contributed by atoms with Gasteiger partial charge in [0.2, 0.25) is 5.76 Å². The van der Waals surface area contributed by atoms with Crippen LogP contribution in [0.2, 0.25) is 0 Å². The number of phenolic OH excluding ortho intramolecular Hbond substituents is 1. The number of carboxylic acids is 2. The maximum atomic E-state index is 10.6. The van der Waals surface area contributed by atoms with E-state index in [1.807, 2.05) is 0 Å². The van der Waals surface area contributed by atoms with Crippen molar-refractivity contribution in [2.24, 2.45) is 0 Å². The second-order valence-electron chi connectivity index (χ2n) is 2.82. The van der Waals surface area contributed by atoms with Crippen LogP contribution in [-0.2, 0) is 4.79 Å². The highest BCUT2D eigenvalue weighted by Gasteiger charge is 2.13. The Balaban J connectivity index is 3.03. The molecule has 84 valence electrons. The van der Waals surface area contributed by atoms with E-state index in [0.717, 1.165) is 18.2 Å². The van der Waals surface area contributed by atoms with Crippen LogP contribution in [0.5, 0.6) is 11.5 Å². The number of ether oxygens (including phenoxy) is 1. The van der Waals surface area contributed by atoms with Gasteiger partial charge in [-0.25, -0.2) is 9.59 Å². The zero-order valence-corrected chi connectivity index (χ0v) is 8.01. The van der Waals surface area contributed by atoms with Gasteiger partial charge in [-0.1, -0.05) is 0 Å². The molecular weight excluding hydrogens is 216 g/mol. The van der Waals surface area contributed by atoms with Gasteiger partial charge in [-0.2, -0.15) is 0 Å². The summed E-state index contributed by atoms with van der Waals surface area (Å²) < 4.78 is 4.69. The molecule has 0 spiro atoms. The first-order valence-corrected chi connectivity index (χ1v) is 4.08. The Morgan fingerprint density at radius 1 is 1.25 bits per heavy atom. The Morgan fingerprint density at radius 2 is 1.88 bits per heavy atom. The van der Waals surface area contributed by atoms with Crippen molar-refractivity contribution in [1.82, 2.24) is 0 Å². The summed E-state index contributed by atoms with van der Waals surface area (Å²) in [4.78, 5) is 21.0. The molecule has 0 amide bonds. The fourth-order valence-electron chi connectivity index (χ4n) is 0.905. The predicted octanol–water partition coefficient (Wildman–Crippen LogP) is 1.07. The Bertz CT molecular complexity index is 462. The van der Waals surface area contributed by atoms with Crippen molar-refractivity contribution in [3.8, 4) is 11.5 Å². The summed E-state index contributed by atoms with van der Waals surface area (Å²) in [6, 6.07) is 3.26. The first kappa shape index (κ1) is 11.6. The highest BCUT2D eigenvalue weighted by Crippen LogP contribution is 2.28. The molecule has 0 aliphatic rings. The van der Waals surface area contributed by atoms with Crippen LogP contribution in [-0.4, -0.2) is 27.3 Å². The van der Waals surface area contributed by atoms with E-state index >= 15 is 0 Å². The Labute approximate surface area is 90.0 Å². The maximum Gasteiger partial charge on any atom is 0.371 e. The number of carboxylic acid groups (broad SMARTS) is 2. The molecule has 1 aromatic carbocycles. The monoisotopic (exact) mass is 224 g/mol. The molecule has 0 fully saturated rings. The van der Waals surface area contributed by atoms with Crippen molar-refractivity contribution < 1.29 is 29.6 Å². The van der Waals surface area contributed by atoms with Crippen molar-refractivity contribution in [1.29, 1.82) is 0 Å². The number of aromatic hydroxyl groups is 1. The summed E-state index contributed by atoms with van der Waals surface area (Å²) in [5.74, 6) is -3.87. The SMILES string of the molecule is C=C(Oc1cc(C(=O)O)ccc1O)C(=O)O. The van der Waals surface area contributed by atoms with Gasteiger partial charge in [-0.05, 0) is 24.8 Å². The molecule has 0 radical (unpaired) electrons. The normalized spacial score (nSPS) is 9.50. The Morgan fingerprint density at radius 3 is 2.38 bits per heavy atom. The number of aromatic carboxylic acids is 1. The standard InChI is InChI=1S/C10H8O6/c1-5(9(12)13)16-8-4-6(10(14)15)2-3-7(8)11/h2-4,11H,1H2,(H,12,13)(H,14,15). The molecule has 3 N–H and O–H groups in total. The maximum absolute atomic E-state index is 10.6. The van der Waals surface area contributed by atoms with Crippen molar-refractivity contribution in [2.75, 3.05) is 0 Å². The van der Waals surface area contributed by atoms with Crippen LogP contribution in [0, 0.1) is 0 Å². The van der Waals surface area contributed by atoms with E-state index in [9.17, 15) is 14.7 Å². The van der Waals surface area contributed by atoms with Crippen LogP contribution in [0.4, 0.5) is 0 Å². The number of aliphatic carboxylic acids is 1. The van der Waals surface area contributed by atoms with Crippen molar-refractivity contribution in [3.63, 3.8) is 0 Å². The number of hydrogen-bond donors (Lipinski definition) is 3. The average molecular weight is 224 g/mol. The van der Waals surface area contributed by atoms with E-state index in [2.05, 4.69) is 6.58 Å². The van der Waals surface area contributed by atoms with Crippen LogP contribution < -0.4 is 4.74 Å². The minimum absolute atomic E-state index is 0.133. The van der Waals surface area contributed by atoms with Crippen molar-refractivity contribution >= 4 is 11.9 Å². The smallest absolute Gasteiger partial charge is 0.371 e. The molecule has 0 aliphatic carbocycles. The lowest BCUT2D eigenvalue weighted by Gasteiger charge is -2.07. The van der Waals surface area contributed by atoms with Crippen LogP contribution in [0.15, 0.2) is 30.5 Å². The molecule has 1 rings (SSSR count). The van der Waals surface area contributed by atoms with E-state index in [1.54, 1.807) is 0 Å². The topological polar surface area (TPSA) is 104 Å². The fraction of sp³-hybridized carbons (Fsp3) is 0. The van der Waals surface area contributed by atoms with Gasteiger partial charge in [0.25, 0.3) is 0 Å². The minimum atomic E-state index is -1.40. The summed E-state index contributed by atoms with van der Waals surface area (Å²) in [5.41, 5.74) is -0.133. The van der Waals surface area contributed by atoms with E-state index in [1.165, 1.54) is 0 Å². The number of benzene rings is 1. The van der Waals surface area contributed by atoms with Crippen LogP contribution in [0.25, 0.3) is 0 Å². The first-order chi connectivity index (χ1) is 7.41. The summed E-state index contributed by atoms with van der Waals surface area (Å²) in [6.07, 6.45) is 0. The molecule has 6 nitrogen and oxygen atoms in total. The van der Waals surface area contributed by atoms with Gasteiger partial charge >= 0.3 is 11.9 Å². The molecule has 0 saturated carbocycles. The molecule has 0 heterocycles. The number of carbonyl (C=O) groups is 2. The Hall–Kier alpha value is -2.50. The highest BCUT2D eigenvalue weighted by molar-refractivity contribution is 5.89. The van der Waals surface area contributed by atoms with Crippen LogP contribution >= 0.6 is 0 Å². The summed E-state index contributed by atoms with van der Waals surface area (Å²) >= 11 is 0. The van der Waals surface area contributed by atoms with Gasteiger partial charge in [0.05, 0.1) is 5.56 Å². The van der Waals surface area contributed by atoms with E-state index in [-0.39, 0.29) is 17.1 Å². The lowest BCUT2D eigenvalue weighted by Crippen LogP contribution is -2.06.